The Balaban J connectivity index is 1.52. The lowest BCUT2D eigenvalue weighted by Gasteiger charge is -2.13. The molecule has 1 nitrogen and oxygen atoms in total. The highest BCUT2D eigenvalue weighted by atomic mass is 79.9. The van der Waals surface area contributed by atoms with Crippen LogP contribution in [0.15, 0.2) is 48.7 Å². The number of fused-ring (bicyclic) bond motifs is 3. The largest absolute Gasteiger partial charge is 0.261 e. The van der Waals surface area contributed by atoms with E-state index in [0.29, 0.717) is 4.83 Å². The van der Waals surface area contributed by atoms with Gasteiger partial charge >= 0.3 is 0 Å². The molecule has 2 aliphatic carbocycles. The van der Waals surface area contributed by atoms with Crippen molar-refractivity contribution in [3.63, 3.8) is 0 Å². The molecule has 2 aromatic rings. The highest BCUT2D eigenvalue weighted by Crippen LogP contribution is 2.62. The minimum atomic E-state index is 0.554. The second kappa shape index (κ2) is 5.00. The van der Waals surface area contributed by atoms with Crippen LogP contribution in [0, 0.1) is 11.8 Å². The molecule has 20 heavy (non-hydrogen) atoms. The van der Waals surface area contributed by atoms with E-state index in [2.05, 4.69) is 57.3 Å². The highest BCUT2D eigenvalue weighted by Gasteiger charge is 2.55. The molecule has 0 saturated heterocycles. The van der Waals surface area contributed by atoms with Gasteiger partial charge in [-0.15, -0.1) is 0 Å². The molecule has 4 atom stereocenters. The number of rotatable bonds is 3. The summed E-state index contributed by atoms with van der Waals surface area (Å²) >= 11 is 3.94. The third-order valence-electron chi connectivity index (χ3n) is 4.94. The fourth-order valence-electron chi connectivity index (χ4n) is 3.97. The summed E-state index contributed by atoms with van der Waals surface area (Å²) in [7, 11) is 0. The van der Waals surface area contributed by atoms with Gasteiger partial charge in [-0.25, -0.2) is 0 Å². The van der Waals surface area contributed by atoms with Crippen LogP contribution in [0.1, 0.15) is 29.2 Å². The summed E-state index contributed by atoms with van der Waals surface area (Å²) in [6.45, 7) is 0. The molecule has 1 saturated carbocycles. The number of hydrogen-bond acceptors (Lipinski definition) is 1. The molecule has 4 rings (SSSR count). The summed E-state index contributed by atoms with van der Waals surface area (Å²) in [6.07, 6.45) is 5.55. The van der Waals surface area contributed by atoms with Gasteiger partial charge in [0.2, 0.25) is 0 Å². The minimum Gasteiger partial charge on any atom is -0.261 e. The van der Waals surface area contributed by atoms with Crippen LogP contribution in [0.25, 0.3) is 0 Å². The van der Waals surface area contributed by atoms with Gasteiger partial charge in [0, 0.05) is 23.1 Å². The van der Waals surface area contributed by atoms with Crippen LogP contribution in [-0.4, -0.2) is 9.81 Å². The molecule has 102 valence electrons. The van der Waals surface area contributed by atoms with Gasteiger partial charge in [0.1, 0.15) is 0 Å². The van der Waals surface area contributed by atoms with Crippen molar-refractivity contribution in [3.8, 4) is 0 Å². The van der Waals surface area contributed by atoms with Crippen molar-refractivity contribution < 1.29 is 0 Å². The van der Waals surface area contributed by atoms with E-state index in [1.807, 2.05) is 12.3 Å². The van der Waals surface area contributed by atoms with E-state index in [0.717, 1.165) is 24.2 Å². The fourth-order valence-corrected chi connectivity index (χ4v) is 5.02. The van der Waals surface area contributed by atoms with Crippen LogP contribution >= 0.6 is 15.9 Å². The number of benzene rings is 1. The van der Waals surface area contributed by atoms with E-state index in [4.69, 9.17) is 0 Å². The minimum absolute atomic E-state index is 0.554. The summed E-state index contributed by atoms with van der Waals surface area (Å²) in [5.74, 6) is 2.46. The van der Waals surface area contributed by atoms with E-state index in [9.17, 15) is 0 Å². The number of aryl methyl sites for hydroxylation is 1. The molecule has 0 spiro atoms. The number of halogens is 1. The Hall–Kier alpha value is -1.15. The molecule has 1 fully saturated rings. The topological polar surface area (TPSA) is 12.9 Å². The Morgan fingerprint density at radius 2 is 2.00 bits per heavy atom. The Morgan fingerprint density at radius 3 is 2.85 bits per heavy atom. The zero-order chi connectivity index (χ0) is 13.5. The van der Waals surface area contributed by atoms with Crippen LogP contribution < -0.4 is 0 Å². The molecule has 1 aromatic carbocycles. The van der Waals surface area contributed by atoms with Crippen molar-refractivity contribution in [2.75, 3.05) is 0 Å². The highest BCUT2D eigenvalue weighted by molar-refractivity contribution is 9.09. The lowest BCUT2D eigenvalue weighted by Crippen LogP contribution is -2.08. The maximum atomic E-state index is 4.46. The molecular weight excluding hydrogens is 310 g/mol. The van der Waals surface area contributed by atoms with Crippen LogP contribution in [0.5, 0.6) is 0 Å². The second-order valence-electron chi connectivity index (χ2n) is 6.05. The summed E-state index contributed by atoms with van der Waals surface area (Å²) in [5, 5.41) is 0. The average molecular weight is 328 g/mol. The molecule has 2 aliphatic rings. The van der Waals surface area contributed by atoms with Gasteiger partial charge in [0.15, 0.2) is 0 Å². The van der Waals surface area contributed by atoms with Crippen molar-refractivity contribution in [1.82, 2.24) is 4.98 Å². The van der Waals surface area contributed by atoms with E-state index in [1.54, 1.807) is 11.1 Å². The van der Waals surface area contributed by atoms with Gasteiger partial charge in [0.25, 0.3) is 0 Å². The van der Waals surface area contributed by atoms with Gasteiger partial charge in [-0.05, 0) is 53.9 Å². The first-order valence-electron chi connectivity index (χ1n) is 7.46. The molecule has 1 aromatic heterocycles. The molecule has 4 unspecified atom stereocenters. The smallest absolute Gasteiger partial charge is 0.0414 e. The molecule has 0 radical (unpaired) electrons. The molecule has 1 heterocycles. The van der Waals surface area contributed by atoms with Crippen molar-refractivity contribution in [2.24, 2.45) is 11.8 Å². The van der Waals surface area contributed by atoms with Gasteiger partial charge < -0.3 is 0 Å². The second-order valence-corrected chi connectivity index (χ2v) is 7.22. The van der Waals surface area contributed by atoms with E-state index in [1.165, 1.54) is 18.5 Å². The van der Waals surface area contributed by atoms with Crippen LogP contribution in [-0.2, 0) is 12.8 Å². The average Bonchev–Trinajstić information content (AvgIpc) is 3.23. The summed E-state index contributed by atoms with van der Waals surface area (Å²) in [4.78, 5) is 5.01. The Kier molecular flexibility index (Phi) is 3.14. The molecule has 0 N–H and O–H groups in total. The van der Waals surface area contributed by atoms with Gasteiger partial charge in [-0.2, -0.15) is 0 Å². The third kappa shape index (κ3) is 2.10. The fraction of sp³-hybridized carbons (Fsp3) is 0.389. The standard InChI is InChI=1S/C18H18BrN/c19-16(11-13-6-3-4-10-20-13)18-15-9-8-12-5-1-2-7-14(12)17(15)18/h1-7,10,15-18H,8-9,11H2. The number of nitrogens with zero attached hydrogens (tertiary/aromatic N) is 1. The lowest BCUT2D eigenvalue weighted by molar-refractivity contribution is 0.615. The monoisotopic (exact) mass is 327 g/mol. The van der Waals surface area contributed by atoms with E-state index < -0.39 is 0 Å². The Labute approximate surface area is 128 Å². The van der Waals surface area contributed by atoms with Crippen LogP contribution in [0.2, 0.25) is 0 Å². The first-order chi connectivity index (χ1) is 9.84. The number of alkyl halides is 1. The predicted octanol–water partition coefficient (Wildman–Crippen LogP) is 4.36. The molecular formula is C18H18BrN. The summed E-state index contributed by atoms with van der Waals surface area (Å²) in [5.41, 5.74) is 4.39. The SMILES string of the molecule is BrC(Cc1ccccn1)C1C2CCc3ccccc3C21. The van der Waals surface area contributed by atoms with Crippen molar-refractivity contribution in [3.05, 3.63) is 65.5 Å². The van der Waals surface area contributed by atoms with Gasteiger partial charge in [-0.1, -0.05) is 46.3 Å². The number of aromatic nitrogens is 1. The summed E-state index contributed by atoms with van der Waals surface area (Å²) < 4.78 is 0. The van der Waals surface area contributed by atoms with Crippen molar-refractivity contribution in [1.29, 1.82) is 0 Å². The number of hydrogen-bond donors (Lipinski definition) is 0. The summed E-state index contributed by atoms with van der Waals surface area (Å²) in [6, 6.07) is 15.2. The van der Waals surface area contributed by atoms with Crippen molar-refractivity contribution >= 4 is 15.9 Å². The third-order valence-corrected chi connectivity index (χ3v) is 5.87. The predicted molar refractivity (Wildman–Crippen MR) is 85.1 cm³/mol. The first kappa shape index (κ1) is 12.6. The molecule has 0 aliphatic heterocycles. The maximum Gasteiger partial charge on any atom is 0.0414 e. The van der Waals surface area contributed by atoms with Crippen LogP contribution in [0.3, 0.4) is 0 Å². The first-order valence-corrected chi connectivity index (χ1v) is 8.38. The zero-order valence-electron chi connectivity index (χ0n) is 11.4. The zero-order valence-corrected chi connectivity index (χ0v) is 13.0. The normalized spacial score (nSPS) is 28.4. The lowest BCUT2D eigenvalue weighted by atomic mass is 9.92. The van der Waals surface area contributed by atoms with Crippen molar-refractivity contribution in [2.45, 2.75) is 30.0 Å². The quantitative estimate of drug-likeness (QED) is 0.763. The Bertz CT molecular complexity index is 610. The molecule has 2 heteroatoms. The van der Waals surface area contributed by atoms with E-state index >= 15 is 0 Å². The molecule has 0 amide bonds. The maximum absolute atomic E-state index is 4.46. The van der Waals surface area contributed by atoms with Gasteiger partial charge in [-0.3, -0.25) is 4.98 Å². The molecule has 0 bridgehead atoms. The van der Waals surface area contributed by atoms with Crippen LogP contribution in [0.4, 0.5) is 0 Å². The Morgan fingerprint density at radius 1 is 1.15 bits per heavy atom. The number of pyridine rings is 1. The van der Waals surface area contributed by atoms with E-state index in [-0.39, 0.29) is 0 Å². The van der Waals surface area contributed by atoms with Gasteiger partial charge in [0.05, 0.1) is 0 Å².